The Morgan fingerprint density at radius 2 is 2.21 bits per heavy atom. The normalized spacial score (nSPS) is 20.3. The largest absolute Gasteiger partial charge is 0.431 e. The third-order valence-electron chi connectivity index (χ3n) is 3.45. The van der Waals surface area contributed by atoms with Gasteiger partial charge in [-0.25, -0.2) is 4.98 Å². The highest BCUT2D eigenvalue weighted by atomic mass is 19.4. The van der Waals surface area contributed by atoms with Gasteiger partial charge >= 0.3 is 6.18 Å². The second-order valence-electron chi connectivity index (χ2n) is 4.87. The van der Waals surface area contributed by atoms with Crippen molar-refractivity contribution in [3.05, 3.63) is 35.8 Å². The molecule has 0 radical (unpaired) electrons. The second-order valence-corrected chi connectivity index (χ2v) is 4.87. The van der Waals surface area contributed by atoms with Crippen LogP contribution in [0, 0.1) is 0 Å². The molecule has 1 aliphatic rings. The van der Waals surface area contributed by atoms with E-state index in [2.05, 4.69) is 10.3 Å². The standard InChI is InChI=1S/C13H14F3N3/c14-13(15,16)11-4-1-5-12-18-10(8-19(11)12)7-9-3-2-6-17-9/h1,4-5,8-9,17H,2-3,6-7H2. The number of pyridine rings is 1. The number of nitrogens with zero attached hydrogens (tertiary/aromatic N) is 2. The van der Waals surface area contributed by atoms with Crippen molar-refractivity contribution < 1.29 is 13.2 Å². The van der Waals surface area contributed by atoms with Crippen LogP contribution in [0.2, 0.25) is 0 Å². The van der Waals surface area contributed by atoms with E-state index in [0.717, 1.165) is 29.9 Å². The summed E-state index contributed by atoms with van der Waals surface area (Å²) in [5, 5.41) is 3.32. The SMILES string of the molecule is FC(F)(F)c1cccc2nc(CC3CCCN3)cn12. The third-order valence-corrected chi connectivity index (χ3v) is 3.45. The van der Waals surface area contributed by atoms with Gasteiger partial charge in [-0.2, -0.15) is 13.2 Å². The first-order chi connectivity index (χ1) is 9.04. The summed E-state index contributed by atoms with van der Waals surface area (Å²) in [7, 11) is 0. The Morgan fingerprint density at radius 1 is 1.37 bits per heavy atom. The fourth-order valence-corrected chi connectivity index (χ4v) is 2.57. The van der Waals surface area contributed by atoms with Gasteiger partial charge in [0.05, 0.1) is 5.69 Å². The molecule has 1 saturated heterocycles. The number of alkyl halides is 3. The molecule has 0 amide bonds. The molecule has 2 aromatic heterocycles. The van der Waals surface area contributed by atoms with Crippen LogP contribution in [0.5, 0.6) is 0 Å². The summed E-state index contributed by atoms with van der Waals surface area (Å²) < 4.78 is 39.7. The first-order valence-corrected chi connectivity index (χ1v) is 6.31. The minimum Gasteiger partial charge on any atom is -0.314 e. The Kier molecular flexibility index (Phi) is 2.97. The predicted molar refractivity (Wildman–Crippen MR) is 64.9 cm³/mol. The summed E-state index contributed by atoms with van der Waals surface area (Å²) in [5.74, 6) is 0. The molecule has 1 unspecified atom stereocenters. The number of rotatable bonds is 2. The van der Waals surface area contributed by atoms with Gasteiger partial charge in [-0.05, 0) is 31.5 Å². The Bertz CT molecular complexity index is 582. The number of hydrogen-bond acceptors (Lipinski definition) is 2. The molecule has 0 saturated carbocycles. The summed E-state index contributed by atoms with van der Waals surface area (Å²) in [6.45, 7) is 0.978. The lowest BCUT2D eigenvalue weighted by molar-refractivity contribution is -0.142. The molecule has 0 spiro atoms. The zero-order chi connectivity index (χ0) is 13.5. The van der Waals surface area contributed by atoms with Crippen LogP contribution < -0.4 is 5.32 Å². The van der Waals surface area contributed by atoms with Crippen LogP contribution in [0.25, 0.3) is 5.65 Å². The predicted octanol–water partition coefficient (Wildman–Crippen LogP) is 2.65. The van der Waals surface area contributed by atoms with Crippen LogP contribution in [0.3, 0.4) is 0 Å². The molecule has 2 aromatic rings. The average Bonchev–Trinajstić information content (AvgIpc) is 2.95. The minimum absolute atomic E-state index is 0.333. The van der Waals surface area contributed by atoms with Gasteiger partial charge in [0.15, 0.2) is 0 Å². The van der Waals surface area contributed by atoms with Crippen LogP contribution in [-0.2, 0) is 12.6 Å². The molecular formula is C13H14F3N3. The van der Waals surface area contributed by atoms with Crippen molar-refractivity contribution >= 4 is 5.65 Å². The van der Waals surface area contributed by atoms with E-state index in [0.29, 0.717) is 23.8 Å². The molecule has 1 fully saturated rings. The molecule has 1 atom stereocenters. The van der Waals surface area contributed by atoms with E-state index in [1.165, 1.54) is 12.3 Å². The maximum absolute atomic E-state index is 12.9. The van der Waals surface area contributed by atoms with Gasteiger partial charge in [-0.1, -0.05) is 6.07 Å². The molecule has 6 heteroatoms. The Morgan fingerprint density at radius 3 is 2.89 bits per heavy atom. The van der Waals surface area contributed by atoms with Crippen molar-refractivity contribution in [2.75, 3.05) is 6.54 Å². The number of nitrogens with one attached hydrogen (secondary N) is 1. The molecule has 0 bridgehead atoms. The van der Waals surface area contributed by atoms with Gasteiger partial charge in [-0.3, -0.25) is 4.40 Å². The number of halogens is 3. The Balaban J connectivity index is 1.96. The molecule has 3 nitrogen and oxygen atoms in total. The molecular weight excluding hydrogens is 255 g/mol. The molecule has 1 N–H and O–H groups in total. The maximum atomic E-state index is 12.9. The van der Waals surface area contributed by atoms with Gasteiger partial charge in [0.2, 0.25) is 0 Å². The lowest BCUT2D eigenvalue weighted by Gasteiger charge is -2.08. The number of fused-ring (bicyclic) bond motifs is 1. The molecule has 0 aliphatic carbocycles. The lowest BCUT2D eigenvalue weighted by atomic mass is 10.1. The van der Waals surface area contributed by atoms with Crippen molar-refractivity contribution in [1.29, 1.82) is 0 Å². The summed E-state index contributed by atoms with van der Waals surface area (Å²) in [6, 6.07) is 4.40. The molecule has 1 aliphatic heterocycles. The number of aromatic nitrogens is 2. The highest BCUT2D eigenvalue weighted by Crippen LogP contribution is 2.29. The van der Waals surface area contributed by atoms with Crippen LogP contribution >= 0.6 is 0 Å². The molecule has 3 heterocycles. The summed E-state index contributed by atoms with van der Waals surface area (Å²) in [5.41, 5.74) is 0.377. The lowest BCUT2D eigenvalue weighted by Crippen LogP contribution is -2.23. The Labute approximate surface area is 108 Å². The van der Waals surface area contributed by atoms with Crippen LogP contribution in [-0.4, -0.2) is 22.0 Å². The van der Waals surface area contributed by atoms with Crippen LogP contribution in [0.4, 0.5) is 13.2 Å². The van der Waals surface area contributed by atoms with Crippen LogP contribution in [0.1, 0.15) is 24.2 Å². The van der Waals surface area contributed by atoms with Gasteiger partial charge in [0.25, 0.3) is 0 Å². The molecule has 3 rings (SSSR count). The zero-order valence-electron chi connectivity index (χ0n) is 10.2. The third kappa shape index (κ3) is 2.45. The molecule has 102 valence electrons. The summed E-state index contributed by atoms with van der Waals surface area (Å²) >= 11 is 0. The highest BCUT2D eigenvalue weighted by molar-refractivity contribution is 5.42. The zero-order valence-corrected chi connectivity index (χ0v) is 10.2. The summed E-state index contributed by atoms with van der Waals surface area (Å²) in [6.07, 6.45) is -0.00788. The number of imidazole rings is 1. The summed E-state index contributed by atoms with van der Waals surface area (Å²) in [4.78, 5) is 4.27. The van der Waals surface area contributed by atoms with E-state index in [-0.39, 0.29) is 0 Å². The molecule has 0 aromatic carbocycles. The van der Waals surface area contributed by atoms with Gasteiger partial charge in [-0.15, -0.1) is 0 Å². The van der Waals surface area contributed by atoms with Gasteiger partial charge in [0.1, 0.15) is 11.3 Å². The van der Waals surface area contributed by atoms with E-state index < -0.39 is 11.9 Å². The van der Waals surface area contributed by atoms with Crippen molar-refractivity contribution in [1.82, 2.24) is 14.7 Å². The van der Waals surface area contributed by atoms with Gasteiger partial charge in [0, 0.05) is 18.7 Å². The van der Waals surface area contributed by atoms with Crippen molar-refractivity contribution in [3.8, 4) is 0 Å². The molecule has 19 heavy (non-hydrogen) atoms. The highest BCUT2D eigenvalue weighted by Gasteiger charge is 2.33. The first-order valence-electron chi connectivity index (χ1n) is 6.31. The van der Waals surface area contributed by atoms with Gasteiger partial charge < -0.3 is 5.32 Å². The maximum Gasteiger partial charge on any atom is 0.431 e. The topological polar surface area (TPSA) is 29.3 Å². The van der Waals surface area contributed by atoms with E-state index in [1.54, 1.807) is 6.07 Å². The average molecular weight is 269 g/mol. The quantitative estimate of drug-likeness (QED) is 0.908. The van der Waals surface area contributed by atoms with E-state index in [1.807, 2.05) is 0 Å². The van der Waals surface area contributed by atoms with E-state index in [4.69, 9.17) is 0 Å². The first kappa shape index (κ1) is 12.5. The second kappa shape index (κ2) is 4.52. The smallest absolute Gasteiger partial charge is 0.314 e. The fourth-order valence-electron chi connectivity index (χ4n) is 2.57. The van der Waals surface area contributed by atoms with E-state index >= 15 is 0 Å². The Hall–Kier alpha value is -1.56. The van der Waals surface area contributed by atoms with Crippen molar-refractivity contribution in [2.24, 2.45) is 0 Å². The van der Waals surface area contributed by atoms with E-state index in [9.17, 15) is 13.2 Å². The monoisotopic (exact) mass is 269 g/mol. The number of hydrogen-bond donors (Lipinski definition) is 1. The minimum atomic E-state index is -4.36. The van der Waals surface area contributed by atoms with Crippen molar-refractivity contribution in [2.45, 2.75) is 31.5 Å². The van der Waals surface area contributed by atoms with Crippen LogP contribution in [0.15, 0.2) is 24.4 Å². The fraction of sp³-hybridized carbons (Fsp3) is 0.462. The van der Waals surface area contributed by atoms with Crippen molar-refractivity contribution in [3.63, 3.8) is 0 Å².